The Labute approximate surface area is 150 Å². The molecule has 0 bridgehead atoms. The Morgan fingerprint density at radius 3 is 2.73 bits per heavy atom. The van der Waals surface area contributed by atoms with Gasteiger partial charge in [0.2, 0.25) is 0 Å². The maximum atomic E-state index is 12.7. The van der Waals surface area contributed by atoms with E-state index in [0.717, 1.165) is 55.5 Å². The highest BCUT2D eigenvalue weighted by Gasteiger charge is 2.41. The minimum absolute atomic E-state index is 0.0896. The first-order valence-corrected chi connectivity index (χ1v) is 9.12. The van der Waals surface area contributed by atoms with E-state index in [2.05, 4.69) is 4.74 Å². The third kappa shape index (κ3) is 3.29. The third-order valence-corrected chi connectivity index (χ3v) is 5.50. The van der Waals surface area contributed by atoms with Gasteiger partial charge in [0, 0.05) is 35.2 Å². The molecule has 1 saturated carbocycles. The van der Waals surface area contributed by atoms with Crippen LogP contribution in [0, 0.1) is 5.92 Å². The van der Waals surface area contributed by atoms with E-state index in [-0.39, 0.29) is 23.4 Å². The van der Waals surface area contributed by atoms with Gasteiger partial charge in [0.1, 0.15) is 5.75 Å². The van der Waals surface area contributed by atoms with Crippen molar-refractivity contribution in [1.82, 2.24) is 0 Å². The van der Waals surface area contributed by atoms with Gasteiger partial charge in [0.15, 0.2) is 5.78 Å². The number of aliphatic imine (C=N–C) groups is 1. The minimum Gasteiger partial charge on any atom is -0.406 e. The molecule has 1 aromatic carbocycles. The molecule has 1 aliphatic heterocycles. The zero-order valence-electron chi connectivity index (χ0n) is 14.3. The summed E-state index contributed by atoms with van der Waals surface area (Å²) in [6, 6.07) is 6.10. The fourth-order valence-corrected chi connectivity index (χ4v) is 4.51. The zero-order valence-corrected chi connectivity index (χ0v) is 14.3. The number of ether oxygens (including phenoxy) is 1. The predicted octanol–water partition coefficient (Wildman–Crippen LogP) is 5.32. The van der Waals surface area contributed by atoms with Crippen LogP contribution >= 0.6 is 0 Å². The number of allylic oxidation sites excluding steroid dienone is 2. The Hall–Kier alpha value is -2.11. The van der Waals surface area contributed by atoms with Crippen molar-refractivity contribution < 1.29 is 22.7 Å². The number of Topliss-reactive ketones (excluding diaryl/α,β-unsaturated/α-hetero) is 1. The lowest BCUT2D eigenvalue weighted by molar-refractivity contribution is -0.274. The molecule has 1 aromatic rings. The summed E-state index contributed by atoms with van der Waals surface area (Å²) < 4.78 is 41.9. The van der Waals surface area contributed by atoms with E-state index in [0.29, 0.717) is 12.0 Å². The molecule has 0 amide bonds. The SMILES string of the molecule is O=C1CCCC2=C1C(c1cccc(OC(F)(F)F)c1)C1CCCCC1=N2. The topological polar surface area (TPSA) is 38.7 Å². The second-order valence-electron chi connectivity index (χ2n) is 7.19. The van der Waals surface area contributed by atoms with Gasteiger partial charge in [-0.25, -0.2) is 0 Å². The number of benzene rings is 1. The van der Waals surface area contributed by atoms with Crippen LogP contribution in [-0.4, -0.2) is 17.9 Å². The number of halogens is 3. The van der Waals surface area contributed by atoms with Gasteiger partial charge in [-0.05, 0) is 49.8 Å². The van der Waals surface area contributed by atoms with E-state index in [4.69, 9.17) is 4.99 Å². The molecule has 0 spiro atoms. The summed E-state index contributed by atoms with van der Waals surface area (Å²) in [6.07, 6.45) is 1.28. The molecule has 6 heteroatoms. The van der Waals surface area contributed by atoms with Crippen LogP contribution in [0.4, 0.5) is 13.2 Å². The first-order valence-electron chi connectivity index (χ1n) is 9.12. The molecule has 4 rings (SSSR count). The molecule has 1 heterocycles. The summed E-state index contributed by atoms with van der Waals surface area (Å²) in [5, 5.41) is 0. The van der Waals surface area contributed by atoms with Gasteiger partial charge in [-0.2, -0.15) is 0 Å². The summed E-state index contributed by atoms with van der Waals surface area (Å²) in [6.45, 7) is 0. The molecule has 0 N–H and O–H groups in total. The summed E-state index contributed by atoms with van der Waals surface area (Å²) >= 11 is 0. The molecule has 2 aliphatic carbocycles. The molecular formula is C20H20F3NO2. The van der Waals surface area contributed by atoms with Crippen LogP contribution in [0.25, 0.3) is 0 Å². The Balaban J connectivity index is 1.78. The largest absolute Gasteiger partial charge is 0.573 e. The molecule has 3 aliphatic rings. The Morgan fingerprint density at radius 1 is 1.08 bits per heavy atom. The van der Waals surface area contributed by atoms with Gasteiger partial charge in [-0.1, -0.05) is 18.6 Å². The molecule has 2 unspecified atom stereocenters. The normalized spacial score (nSPS) is 26.1. The molecule has 2 atom stereocenters. The quantitative estimate of drug-likeness (QED) is 0.713. The van der Waals surface area contributed by atoms with Crippen LogP contribution in [0.2, 0.25) is 0 Å². The van der Waals surface area contributed by atoms with Crippen molar-refractivity contribution in [2.45, 2.75) is 57.2 Å². The van der Waals surface area contributed by atoms with Crippen LogP contribution < -0.4 is 4.74 Å². The Morgan fingerprint density at radius 2 is 1.92 bits per heavy atom. The molecular weight excluding hydrogens is 343 g/mol. The van der Waals surface area contributed by atoms with Crippen molar-refractivity contribution in [3.63, 3.8) is 0 Å². The molecule has 0 saturated heterocycles. The maximum absolute atomic E-state index is 12.7. The molecule has 138 valence electrons. The van der Waals surface area contributed by atoms with E-state index >= 15 is 0 Å². The van der Waals surface area contributed by atoms with Crippen molar-refractivity contribution in [3.8, 4) is 5.75 Å². The number of rotatable bonds is 2. The van der Waals surface area contributed by atoms with Crippen LogP contribution in [0.1, 0.15) is 56.4 Å². The number of ketones is 1. The maximum Gasteiger partial charge on any atom is 0.573 e. The molecule has 26 heavy (non-hydrogen) atoms. The van der Waals surface area contributed by atoms with E-state index in [9.17, 15) is 18.0 Å². The standard InChI is InChI=1S/C20H20F3NO2/c21-20(22,23)26-13-6-3-5-12(11-13)18-14-7-1-2-8-15(14)24-16-9-4-10-17(25)19(16)18/h3,5-6,11,14,18H,1-2,4,7-10H2. The average Bonchev–Trinajstić information content (AvgIpc) is 2.59. The molecule has 1 fully saturated rings. The van der Waals surface area contributed by atoms with Crippen LogP contribution in [0.15, 0.2) is 40.5 Å². The summed E-state index contributed by atoms with van der Waals surface area (Å²) in [4.78, 5) is 17.5. The van der Waals surface area contributed by atoms with Crippen molar-refractivity contribution in [2.24, 2.45) is 10.9 Å². The van der Waals surface area contributed by atoms with Crippen LogP contribution in [-0.2, 0) is 4.79 Å². The van der Waals surface area contributed by atoms with E-state index < -0.39 is 6.36 Å². The lowest BCUT2D eigenvalue weighted by Gasteiger charge is -2.39. The summed E-state index contributed by atoms with van der Waals surface area (Å²) in [5.41, 5.74) is 3.39. The average molecular weight is 363 g/mol. The highest BCUT2D eigenvalue weighted by Crippen LogP contribution is 2.47. The van der Waals surface area contributed by atoms with Gasteiger partial charge in [0.25, 0.3) is 0 Å². The first kappa shape index (κ1) is 17.3. The van der Waals surface area contributed by atoms with Gasteiger partial charge in [-0.15, -0.1) is 13.2 Å². The van der Waals surface area contributed by atoms with Gasteiger partial charge in [-0.3, -0.25) is 9.79 Å². The van der Waals surface area contributed by atoms with Crippen molar-refractivity contribution >= 4 is 11.5 Å². The first-order chi connectivity index (χ1) is 12.4. The lowest BCUT2D eigenvalue weighted by Crippen LogP contribution is -2.34. The number of hydrogen-bond acceptors (Lipinski definition) is 3. The highest BCUT2D eigenvalue weighted by atomic mass is 19.4. The number of nitrogens with zero attached hydrogens (tertiary/aromatic N) is 1. The Kier molecular flexibility index (Phi) is 4.37. The van der Waals surface area contributed by atoms with Crippen LogP contribution in [0.3, 0.4) is 0 Å². The minimum atomic E-state index is -4.73. The predicted molar refractivity (Wildman–Crippen MR) is 91.1 cm³/mol. The van der Waals surface area contributed by atoms with E-state index in [1.54, 1.807) is 12.1 Å². The van der Waals surface area contributed by atoms with Crippen LogP contribution in [0.5, 0.6) is 5.75 Å². The van der Waals surface area contributed by atoms with E-state index in [1.165, 1.54) is 12.1 Å². The number of carbonyl (C=O) groups is 1. The Bertz CT molecular complexity index is 794. The monoisotopic (exact) mass is 363 g/mol. The fraction of sp³-hybridized carbons (Fsp3) is 0.500. The van der Waals surface area contributed by atoms with Crippen molar-refractivity contribution in [2.75, 3.05) is 0 Å². The highest BCUT2D eigenvalue weighted by molar-refractivity contribution is 6.02. The summed E-state index contributed by atoms with van der Waals surface area (Å²) in [7, 11) is 0. The number of fused-ring (bicyclic) bond motifs is 1. The second kappa shape index (κ2) is 6.56. The third-order valence-electron chi connectivity index (χ3n) is 5.50. The molecule has 3 nitrogen and oxygen atoms in total. The van der Waals surface area contributed by atoms with Gasteiger partial charge < -0.3 is 4.74 Å². The number of alkyl halides is 3. The molecule has 0 aromatic heterocycles. The lowest BCUT2D eigenvalue weighted by atomic mass is 9.67. The fourth-order valence-electron chi connectivity index (χ4n) is 4.51. The van der Waals surface area contributed by atoms with Gasteiger partial charge >= 0.3 is 6.36 Å². The van der Waals surface area contributed by atoms with Crippen molar-refractivity contribution in [1.29, 1.82) is 0 Å². The smallest absolute Gasteiger partial charge is 0.406 e. The molecule has 0 radical (unpaired) electrons. The number of carbonyl (C=O) groups excluding carboxylic acids is 1. The zero-order chi connectivity index (χ0) is 18.3. The van der Waals surface area contributed by atoms with E-state index in [1.807, 2.05) is 0 Å². The number of hydrogen-bond donors (Lipinski definition) is 0. The van der Waals surface area contributed by atoms with Crippen molar-refractivity contribution in [3.05, 3.63) is 41.1 Å². The summed E-state index contributed by atoms with van der Waals surface area (Å²) in [5.74, 6) is -0.250. The van der Waals surface area contributed by atoms with Gasteiger partial charge in [0.05, 0.1) is 0 Å². The second-order valence-corrected chi connectivity index (χ2v) is 7.19.